The van der Waals surface area contributed by atoms with Crippen LogP contribution in [0.25, 0.3) is 11.3 Å². The van der Waals surface area contributed by atoms with E-state index in [-0.39, 0.29) is 25.0 Å². The molecule has 0 radical (unpaired) electrons. The van der Waals surface area contributed by atoms with Crippen LogP contribution in [-0.2, 0) is 9.59 Å². The second-order valence-corrected chi connectivity index (χ2v) is 6.48. The van der Waals surface area contributed by atoms with Crippen molar-refractivity contribution >= 4 is 34.0 Å². The molecule has 2 aromatic heterocycles. The predicted molar refractivity (Wildman–Crippen MR) is 98.3 cm³/mol. The summed E-state index contributed by atoms with van der Waals surface area (Å²) in [5.41, 5.74) is 2.43. The number of hydrogen-bond donors (Lipinski definition) is 1. The third kappa shape index (κ3) is 3.40. The first-order valence-corrected chi connectivity index (χ1v) is 8.77. The van der Waals surface area contributed by atoms with Crippen molar-refractivity contribution in [3.8, 4) is 17.0 Å². The minimum Gasteiger partial charge on any atom is -0.423 e. The fourth-order valence-corrected chi connectivity index (χ4v) is 3.40. The maximum atomic E-state index is 12.4. The van der Waals surface area contributed by atoms with Gasteiger partial charge >= 0.3 is 5.97 Å². The number of carbonyl (C=O) groups is 2. The first kappa shape index (κ1) is 16.2. The average Bonchev–Trinajstić information content (AvgIpc) is 3.10. The van der Waals surface area contributed by atoms with E-state index in [9.17, 15) is 9.59 Å². The minimum absolute atomic E-state index is 0.0323. The van der Waals surface area contributed by atoms with Gasteiger partial charge in [-0.1, -0.05) is 12.1 Å². The molecule has 130 valence electrons. The van der Waals surface area contributed by atoms with Gasteiger partial charge in [0, 0.05) is 23.3 Å². The second kappa shape index (κ2) is 6.93. The van der Waals surface area contributed by atoms with Crippen LogP contribution in [0.3, 0.4) is 0 Å². The first-order chi connectivity index (χ1) is 12.7. The SMILES string of the molecule is O=C(CN1CC(=O)Oc2ccccc21)Nc1nc(-c2ccncc2)cs1. The molecule has 3 heterocycles. The fourth-order valence-electron chi connectivity index (χ4n) is 2.66. The molecule has 1 aliphatic heterocycles. The van der Waals surface area contributed by atoms with Crippen LogP contribution in [-0.4, -0.2) is 34.9 Å². The molecule has 1 N–H and O–H groups in total. The van der Waals surface area contributed by atoms with Crippen LogP contribution in [0.2, 0.25) is 0 Å². The van der Waals surface area contributed by atoms with E-state index in [4.69, 9.17) is 4.74 Å². The summed E-state index contributed by atoms with van der Waals surface area (Å²) in [5.74, 6) is -0.165. The Morgan fingerprint density at radius 1 is 1.23 bits per heavy atom. The number of anilines is 2. The summed E-state index contributed by atoms with van der Waals surface area (Å²) in [4.78, 5) is 34.2. The predicted octanol–water partition coefficient (Wildman–Crippen LogP) is 2.57. The molecular weight excluding hydrogens is 352 g/mol. The van der Waals surface area contributed by atoms with E-state index in [1.165, 1.54) is 11.3 Å². The van der Waals surface area contributed by atoms with Crippen LogP contribution in [0.5, 0.6) is 5.75 Å². The lowest BCUT2D eigenvalue weighted by molar-refractivity contribution is -0.133. The lowest BCUT2D eigenvalue weighted by Crippen LogP contribution is -2.41. The van der Waals surface area contributed by atoms with Gasteiger partial charge < -0.3 is 15.0 Å². The molecule has 0 saturated carbocycles. The molecule has 7 nitrogen and oxygen atoms in total. The van der Waals surface area contributed by atoms with Gasteiger partial charge in [-0.3, -0.25) is 9.78 Å². The Morgan fingerprint density at radius 2 is 2.04 bits per heavy atom. The highest BCUT2D eigenvalue weighted by atomic mass is 32.1. The van der Waals surface area contributed by atoms with Crippen LogP contribution in [0, 0.1) is 0 Å². The van der Waals surface area contributed by atoms with Crippen molar-refractivity contribution in [2.75, 3.05) is 23.3 Å². The number of ether oxygens (including phenoxy) is 1. The third-order valence-corrected chi connectivity index (χ3v) is 4.57. The number of pyridine rings is 1. The Morgan fingerprint density at radius 3 is 2.88 bits per heavy atom. The van der Waals surface area contributed by atoms with Crippen molar-refractivity contribution in [3.05, 3.63) is 54.2 Å². The standard InChI is InChI=1S/C18H14N4O3S/c23-16(9-22-10-17(24)25-15-4-2-1-3-14(15)22)21-18-20-13(11-26-18)12-5-7-19-8-6-12/h1-8,11H,9-10H2,(H,20,21,23). The highest BCUT2D eigenvalue weighted by Gasteiger charge is 2.25. The Hall–Kier alpha value is -3.26. The fraction of sp³-hybridized carbons (Fsp3) is 0.111. The number of fused-ring (bicyclic) bond motifs is 1. The Labute approximate surface area is 153 Å². The number of carbonyl (C=O) groups excluding carboxylic acids is 2. The highest BCUT2D eigenvalue weighted by Crippen LogP contribution is 2.31. The van der Waals surface area contributed by atoms with E-state index < -0.39 is 0 Å². The maximum Gasteiger partial charge on any atom is 0.331 e. The summed E-state index contributed by atoms with van der Waals surface area (Å²) in [7, 11) is 0. The molecule has 0 saturated heterocycles. The van der Waals surface area contributed by atoms with Crippen molar-refractivity contribution in [1.29, 1.82) is 0 Å². The molecular formula is C18H14N4O3S. The molecule has 0 bridgehead atoms. The molecule has 8 heteroatoms. The summed E-state index contributed by atoms with van der Waals surface area (Å²) in [5, 5.41) is 5.17. The van der Waals surface area contributed by atoms with Gasteiger partial charge in [-0.25, -0.2) is 9.78 Å². The number of nitrogens with one attached hydrogen (secondary N) is 1. The summed E-state index contributed by atoms with van der Waals surface area (Å²) < 4.78 is 5.19. The number of esters is 1. The molecule has 0 spiro atoms. The maximum absolute atomic E-state index is 12.4. The van der Waals surface area contributed by atoms with Crippen LogP contribution < -0.4 is 15.0 Å². The molecule has 1 aromatic carbocycles. The highest BCUT2D eigenvalue weighted by molar-refractivity contribution is 7.14. The zero-order valence-electron chi connectivity index (χ0n) is 13.6. The Bertz CT molecular complexity index is 958. The van der Waals surface area contributed by atoms with Crippen molar-refractivity contribution in [2.24, 2.45) is 0 Å². The van der Waals surface area contributed by atoms with Gasteiger partial charge in [-0.05, 0) is 24.3 Å². The van der Waals surface area contributed by atoms with Crippen LogP contribution in [0.15, 0.2) is 54.2 Å². The van der Waals surface area contributed by atoms with E-state index in [2.05, 4.69) is 15.3 Å². The van der Waals surface area contributed by atoms with Gasteiger partial charge in [0.05, 0.1) is 17.9 Å². The Balaban J connectivity index is 1.45. The largest absolute Gasteiger partial charge is 0.423 e. The number of amides is 1. The van der Waals surface area contributed by atoms with Gasteiger partial charge in [0.1, 0.15) is 6.54 Å². The molecule has 0 fully saturated rings. The lowest BCUT2D eigenvalue weighted by atomic mass is 10.2. The molecule has 0 atom stereocenters. The Kier molecular flexibility index (Phi) is 4.32. The minimum atomic E-state index is -0.384. The van der Waals surface area contributed by atoms with E-state index in [0.717, 1.165) is 16.9 Å². The third-order valence-electron chi connectivity index (χ3n) is 3.81. The lowest BCUT2D eigenvalue weighted by Gasteiger charge is -2.28. The van der Waals surface area contributed by atoms with Gasteiger partial charge in [-0.15, -0.1) is 11.3 Å². The molecule has 4 rings (SSSR count). The molecule has 26 heavy (non-hydrogen) atoms. The van der Waals surface area contributed by atoms with Crippen molar-refractivity contribution in [2.45, 2.75) is 0 Å². The van der Waals surface area contributed by atoms with Gasteiger partial charge in [0.25, 0.3) is 0 Å². The summed E-state index contributed by atoms with van der Waals surface area (Å²) >= 11 is 1.35. The number of hydrogen-bond acceptors (Lipinski definition) is 7. The topological polar surface area (TPSA) is 84.4 Å². The zero-order valence-corrected chi connectivity index (χ0v) is 14.4. The van der Waals surface area contributed by atoms with Crippen LogP contribution >= 0.6 is 11.3 Å². The summed E-state index contributed by atoms with van der Waals surface area (Å²) in [6, 6.07) is 10.9. The van der Waals surface area contributed by atoms with Crippen molar-refractivity contribution < 1.29 is 14.3 Å². The molecule has 0 unspecified atom stereocenters. The second-order valence-electron chi connectivity index (χ2n) is 5.62. The van der Waals surface area contributed by atoms with Gasteiger partial charge in [-0.2, -0.15) is 0 Å². The quantitative estimate of drug-likeness (QED) is 0.564. The van der Waals surface area contributed by atoms with Crippen LogP contribution in [0.1, 0.15) is 0 Å². The zero-order chi connectivity index (χ0) is 17.9. The van der Waals surface area contributed by atoms with E-state index in [0.29, 0.717) is 10.9 Å². The monoisotopic (exact) mass is 366 g/mol. The normalized spacial score (nSPS) is 13.1. The van der Waals surface area contributed by atoms with E-state index in [1.807, 2.05) is 29.6 Å². The summed E-state index contributed by atoms with van der Waals surface area (Å²) in [6.07, 6.45) is 3.39. The average molecular weight is 366 g/mol. The van der Waals surface area contributed by atoms with E-state index >= 15 is 0 Å². The number of thiazole rings is 1. The molecule has 0 aliphatic carbocycles. The van der Waals surface area contributed by atoms with Crippen LogP contribution in [0.4, 0.5) is 10.8 Å². The van der Waals surface area contributed by atoms with Crippen molar-refractivity contribution in [3.63, 3.8) is 0 Å². The number of nitrogens with zero attached hydrogens (tertiary/aromatic N) is 3. The summed E-state index contributed by atoms with van der Waals surface area (Å²) in [6.45, 7) is 0.0703. The number of para-hydroxylation sites is 2. The van der Waals surface area contributed by atoms with Gasteiger partial charge in [0.15, 0.2) is 10.9 Å². The molecule has 1 amide bonds. The van der Waals surface area contributed by atoms with Gasteiger partial charge in [0.2, 0.25) is 5.91 Å². The number of benzene rings is 1. The molecule has 1 aliphatic rings. The van der Waals surface area contributed by atoms with E-state index in [1.54, 1.807) is 29.4 Å². The first-order valence-electron chi connectivity index (χ1n) is 7.89. The molecule has 3 aromatic rings. The smallest absolute Gasteiger partial charge is 0.331 e. The number of aromatic nitrogens is 2. The van der Waals surface area contributed by atoms with Crippen molar-refractivity contribution in [1.82, 2.24) is 9.97 Å². The number of rotatable bonds is 4.